The molecule has 0 saturated carbocycles. The Morgan fingerprint density at radius 2 is 2.50 bits per heavy atom. The Balaban J connectivity index is 2.02. The fourth-order valence-corrected chi connectivity index (χ4v) is 2.58. The normalized spacial score (nSPS) is 22.4. The van der Waals surface area contributed by atoms with Crippen LogP contribution in [0, 0.1) is 12.8 Å². The zero-order valence-corrected chi connectivity index (χ0v) is 10.3. The Bertz CT molecular complexity index is 389. The number of aromatic nitrogens is 1. The average molecular weight is 240 g/mol. The van der Waals surface area contributed by atoms with E-state index in [2.05, 4.69) is 4.98 Å². The maximum atomic E-state index is 12.0. The molecule has 16 heavy (non-hydrogen) atoms. The highest BCUT2D eigenvalue weighted by Crippen LogP contribution is 2.21. The third kappa shape index (κ3) is 2.25. The summed E-state index contributed by atoms with van der Waals surface area (Å²) in [5, 5.41) is 12.2. The van der Waals surface area contributed by atoms with Gasteiger partial charge in [0.05, 0.1) is 11.1 Å². The Hall–Kier alpha value is -0.940. The van der Waals surface area contributed by atoms with E-state index < -0.39 is 0 Å². The van der Waals surface area contributed by atoms with E-state index in [4.69, 9.17) is 0 Å². The van der Waals surface area contributed by atoms with Crippen molar-refractivity contribution in [2.45, 2.75) is 26.4 Å². The number of carbonyl (C=O) groups excluding carboxylic acids is 1. The van der Waals surface area contributed by atoms with E-state index in [1.54, 1.807) is 17.2 Å². The van der Waals surface area contributed by atoms with Crippen molar-refractivity contribution < 1.29 is 9.90 Å². The summed E-state index contributed by atoms with van der Waals surface area (Å²) in [6.45, 7) is 5.05. The van der Waals surface area contributed by atoms with E-state index in [0.717, 1.165) is 18.0 Å². The van der Waals surface area contributed by atoms with Crippen LogP contribution >= 0.6 is 11.3 Å². The molecule has 1 amide bonds. The van der Waals surface area contributed by atoms with Gasteiger partial charge < -0.3 is 10.0 Å². The van der Waals surface area contributed by atoms with Crippen LogP contribution in [0.5, 0.6) is 0 Å². The standard InChI is InChI=1S/C11H16N2O2S/c1-7(14)9-3-4-13(5-9)11(15)10-6-16-8(2)12-10/h6-7,9,14H,3-5H2,1-2H3. The van der Waals surface area contributed by atoms with Gasteiger partial charge >= 0.3 is 0 Å². The van der Waals surface area contributed by atoms with E-state index >= 15 is 0 Å². The molecule has 2 rings (SSSR count). The maximum absolute atomic E-state index is 12.0. The highest BCUT2D eigenvalue weighted by Gasteiger charge is 2.30. The maximum Gasteiger partial charge on any atom is 0.273 e. The van der Waals surface area contributed by atoms with Crippen LogP contribution in [0.4, 0.5) is 0 Å². The van der Waals surface area contributed by atoms with Gasteiger partial charge in [0, 0.05) is 24.4 Å². The van der Waals surface area contributed by atoms with Crippen LogP contribution in [-0.2, 0) is 0 Å². The number of amides is 1. The molecule has 0 radical (unpaired) electrons. The molecule has 1 N–H and O–H groups in total. The van der Waals surface area contributed by atoms with Gasteiger partial charge in [-0.1, -0.05) is 0 Å². The number of rotatable bonds is 2. The predicted molar refractivity (Wildman–Crippen MR) is 62.5 cm³/mol. The van der Waals surface area contributed by atoms with Crippen molar-refractivity contribution in [1.29, 1.82) is 0 Å². The molecule has 1 saturated heterocycles. The van der Waals surface area contributed by atoms with Gasteiger partial charge in [0.2, 0.25) is 0 Å². The smallest absolute Gasteiger partial charge is 0.273 e. The first-order valence-electron chi connectivity index (χ1n) is 5.47. The predicted octanol–water partition coefficient (Wildman–Crippen LogP) is 1.29. The summed E-state index contributed by atoms with van der Waals surface area (Å²) in [4.78, 5) is 18.0. The van der Waals surface area contributed by atoms with Crippen molar-refractivity contribution in [1.82, 2.24) is 9.88 Å². The Labute approximate surface area is 98.9 Å². The minimum absolute atomic E-state index is 0.00694. The SMILES string of the molecule is Cc1nc(C(=O)N2CCC(C(C)O)C2)cs1. The lowest BCUT2D eigenvalue weighted by molar-refractivity contribution is 0.0757. The minimum atomic E-state index is -0.338. The summed E-state index contributed by atoms with van der Waals surface area (Å²) in [7, 11) is 0. The van der Waals surface area contributed by atoms with Crippen molar-refractivity contribution in [3.8, 4) is 0 Å². The average Bonchev–Trinajstić information content (AvgIpc) is 2.84. The molecule has 2 atom stereocenters. The lowest BCUT2D eigenvalue weighted by atomic mass is 10.0. The van der Waals surface area contributed by atoms with Gasteiger partial charge in [-0.3, -0.25) is 4.79 Å². The molecule has 0 aromatic carbocycles. The zero-order chi connectivity index (χ0) is 11.7. The number of hydrogen-bond acceptors (Lipinski definition) is 4. The molecule has 0 aliphatic carbocycles. The quantitative estimate of drug-likeness (QED) is 0.847. The van der Waals surface area contributed by atoms with Crippen molar-refractivity contribution in [2.75, 3.05) is 13.1 Å². The number of aryl methyl sites for hydroxylation is 1. The molecule has 5 heteroatoms. The lowest BCUT2D eigenvalue weighted by Crippen LogP contribution is -2.30. The van der Waals surface area contributed by atoms with Crippen LogP contribution in [0.3, 0.4) is 0 Å². The monoisotopic (exact) mass is 240 g/mol. The molecule has 1 aliphatic heterocycles. The molecule has 0 spiro atoms. The first kappa shape index (κ1) is 11.5. The van der Waals surface area contributed by atoms with Crippen molar-refractivity contribution >= 4 is 17.2 Å². The molecule has 4 nitrogen and oxygen atoms in total. The van der Waals surface area contributed by atoms with Gasteiger partial charge in [-0.15, -0.1) is 11.3 Å². The summed E-state index contributed by atoms with van der Waals surface area (Å²) in [5.74, 6) is 0.205. The third-order valence-electron chi connectivity index (χ3n) is 3.03. The molecule has 1 fully saturated rings. The number of nitrogens with zero attached hydrogens (tertiary/aromatic N) is 2. The van der Waals surface area contributed by atoms with Gasteiger partial charge in [0.1, 0.15) is 5.69 Å². The van der Waals surface area contributed by atoms with Gasteiger partial charge in [-0.2, -0.15) is 0 Å². The van der Waals surface area contributed by atoms with Crippen molar-refractivity contribution in [2.24, 2.45) is 5.92 Å². The van der Waals surface area contributed by atoms with Crippen LogP contribution in [0.2, 0.25) is 0 Å². The number of hydrogen-bond donors (Lipinski definition) is 1. The zero-order valence-electron chi connectivity index (χ0n) is 9.51. The number of aliphatic hydroxyl groups is 1. The summed E-state index contributed by atoms with van der Waals surface area (Å²) in [6.07, 6.45) is 0.543. The fraction of sp³-hybridized carbons (Fsp3) is 0.636. The van der Waals surface area contributed by atoms with Gasteiger partial charge in [0.15, 0.2) is 0 Å². The summed E-state index contributed by atoms with van der Waals surface area (Å²) >= 11 is 1.49. The molecule has 88 valence electrons. The second-order valence-corrected chi connectivity index (χ2v) is 5.35. The highest BCUT2D eigenvalue weighted by molar-refractivity contribution is 7.09. The molecular weight excluding hydrogens is 224 g/mol. The first-order valence-corrected chi connectivity index (χ1v) is 6.35. The second kappa shape index (κ2) is 4.51. The number of thiazole rings is 1. The number of carbonyl (C=O) groups is 1. The van der Waals surface area contributed by atoms with Crippen LogP contribution < -0.4 is 0 Å². The molecular formula is C11H16N2O2S. The van der Waals surface area contributed by atoms with E-state index in [9.17, 15) is 9.90 Å². The molecule has 1 aromatic rings. The molecule has 2 heterocycles. The third-order valence-corrected chi connectivity index (χ3v) is 3.81. The molecule has 1 aliphatic rings. The topological polar surface area (TPSA) is 53.4 Å². The molecule has 0 bridgehead atoms. The largest absolute Gasteiger partial charge is 0.393 e. The van der Waals surface area contributed by atoms with Gasteiger partial charge in [-0.05, 0) is 20.3 Å². The van der Waals surface area contributed by atoms with E-state index in [1.807, 2.05) is 6.92 Å². The number of aliphatic hydroxyl groups excluding tert-OH is 1. The van der Waals surface area contributed by atoms with Crippen LogP contribution in [0.15, 0.2) is 5.38 Å². The summed E-state index contributed by atoms with van der Waals surface area (Å²) in [5.41, 5.74) is 0.536. The van der Waals surface area contributed by atoms with Crippen molar-refractivity contribution in [3.05, 3.63) is 16.1 Å². The Morgan fingerprint density at radius 3 is 3.00 bits per heavy atom. The second-order valence-electron chi connectivity index (χ2n) is 4.29. The van der Waals surface area contributed by atoms with Gasteiger partial charge in [-0.25, -0.2) is 4.98 Å². The fourth-order valence-electron chi connectivity index (χ4n) is 1.99. The lowest BCUT2D eigenvalue weighted by Gasteiger charge is -2.16. The van der Waals surface area contributed by atoms with Gasteiger partial charge in [0.25, 0.3) is 5.91 Å². The van der Waals surface area contributed by atoms with Crippen LogP contribution in [0.25, 0.3) is 0 Å². The van der Waals surface area contributed by atoms with E-state index in [-0.39, 0.29) is 17.9 Å². The van der Waals surface area contributed by atoms with Crippen LogP contribution in [0.1, 0.15) is 28.8 Å². The molecule has 1 aromatic heterocycles. The van der Waals surface area contributed by atoms with Crippen molar-refractivity contribution in [3.63, 3.8) is 0 Å². The number of likely N-dealkylation sites (tertiary alicyclic amines) is 1. The van der Waals surface area contributed by atoms with E-state index in [0.29, 0.717) is 12.2 Å². The van der Waals surface area contributed by atoms with Crippen LogP contribution in [-0.4, -0.2) is 40.1 Å². The van der Waals surface area contributed by atoms with E-state index in [1.165, 1.54) is 11.3 Å². The summed E-state index contributed by atoms with van der Waals surface area (Å²) < 4.78 is 0. The highest BCUT2D eigenvalue weighted by atomic mass is 32.1. The minimum Gasteiger partial charge on any atom is -0.393 e. The molecule has 2 unspecified atom stereocenters. The Morgan fingerprint density at radius 1 is 1.75 bits per heavy atom. The first-order chi connectivity index (χ1) is 7.58. The Kier molecular flexibility index (Phi) is 3.25. The summed E-state index contributed by atoms with van der Waals surface area (Å²) in [6, 6.07) is 0.